The monoisotopic (exact) mass is 321 g/mol. The molecule has 6 nitrogen and oxygen atoms in total. The van der Waals surface area contributed by atoms with Crippen molar-refractivity contribution in [2.24, 2.45) is 0 Å². The first kappa shape index (κ1) is 16.8. The van der Waals surface area contributed by atoms with Crippen molar-refractivity contribution < 1.29 is 18.7 Å². The van der Waals surface area contributed by atoms with Gasteiger partial charge in [0.1, 0.15) is 5.82 Å². The summed E-state index contributed by atoms with van der Waals surface area (Å²) in [6.07, 6.45) is 0. The van der Waals surface area contributed by atoms with Crippen LogP contribution in [0.1, 0.15) is 19.4 Å². The summed E-state index contributed by atoms with van der Waals surface area (Å²) in [7, 11) is 0. The molecule has 2 amide bonds. The maximum atomic E-state index is 13.3. The van der Waals surface area contributed by atoms with Crippen LogP contribution in [0.15, 0.2) is 29.5 Å². The van der Waals surface area contributed by atoms with E-state index >= 15 is 0 Å². The molecule has 0 aliphatic carbocycles. The Balaban J connectivity index is 2.24. The first-order valence-electron chi connectivity index (χ1n) is 7.40. The molecule has 0 radical (unpaired) electrons. The minimum absolute atomic E-state index is 0.177. The molecule has 2 rings (SSSR count). The highest BCUT2D eigenvalue weighted by Gasteiger charge is 2.29. The molecule has 0 saturated heterocycles. The molecule has 0 spiro atoms. The average Bonchev–Trinajstić information content (AvgIpc) is 2.47. The lowest BCUT2D eigenvalue weighted by Gasteiger charge is -2.27. The Morgan fingerprint density at radius 1 is 1.43 bits per heavy atom. The maximum absolute atomic E-state index is 13.3. The molecule has 1 aliphatic rings. The number of halogens is 1. The lowest BCUT2D eigenvalue weighted by atomic mass is 10.0. The average molecular weight is 321 g/mol. The zero-order valence-electron chi connectivity index (χ0n) is 13.3. The third-order valence-electron chi connectivity index (χ3n) is 3.52. The predicted octanol–water partition coefficient (Wildman–Crippen LogP) is 2.06. The predicted molar refractivity (Wildman–Crippen MR) is 84.4 cm³/mol. The highest BCUT2D eigenvalue weighted by atomic mass is 19.1. The van der Waals surface area contributed by atoms with E-state index in [0.717, 1.165) is 5.56 Å². The lowest BCUT2D eigenvalue weighted by molar-refractivity contribution is -0.138. The maximum Gasteiger partial charge on any atom is 0.337 e. The van der Waals surface area contributed by atoms with E-state index in [2.05, 4.69) is 16.0 Å². The first-order chi connectivity index (χ1) is 10.9. The van der Waals surface area contributed by atoms with E-state index in [4.69, 9.17) is 4.74 Å². The van der Waals surface area contributed by atoms with Gasteiger partial charge in [0.25, 0.3) is 0 Å². The lowest BCUT2D eigenvalue weighted by Crippen LogP contribution is -2.50. The SMILES string of the molecule is CCOC(=O)C1=C(CNc2cc(F)ccc2C)NC(=O)NC1C. The summed E-state index contributed by atoms with van der Waals surface area (Å²) in [6.45, 7) is 5.68. The Morgan fingerprint density at radius 2 is 2.17 bits per heavy atom. The van der Waals surface area contributed by atoms with Gasteiger partial charge in [-0.2, -0.15) is 0 Å². The van der Waals surface area contributed by atoms with Crippen LogP contribution in [0.4, 0.5) is 14.9 Å². The Bertz CT molecular complexity index is 658. The van der Waals surface area contributed by atoms with E-state index in [1.165, 1.54) is 12.1 Å². The molecule has 1 aromatic rings. The van der Waals surface area contributed by atoms with Gasteiger partial charge in [-0.25, -0.2) is 14.0 Å². The Labute approximate surface area is 134 Å². The number of hydrogen-bond donors (Lipinski definition) is 3. The van der Waals surface area contributed by atoms with Crippen LogP contribution >= 0.6 is 0 Å². The first-order valence-corrected chi connectivity index (χ1v) is 7.40. The summed E-state index contributed by atoms with van der Waals surface area (Å²) >= 11 is 0. The summed E-state index contributed by atoms with van der Waals surface area (Å²) < 4.78 is 18.4. The molecule has 124 valence electrons. The number of aryl methyl sites for hydroxylation is 1. The number of esters is 1. The Hall–Kier alpha value is -2.57. The summed E-state index contributed by atoms with van der Waals surface area (Å²) in [4.78, 5) is 23.7. The van der Waals surface area contributed by atoms with E-state index in [-0.39, 0.29) is 19.0 Å². The van der Waals surface area contributed by atoms with Gasteiger partial charge in [-0.1, -0.05) is 6.07 Å². The normalized spacial score (nSPS) is 17.4. The highest BCUT2D eigenvalue weighted by Crippen LogP contribution is 2.19. The van der Waals surface area contributed by atoms with Gasteiger partial charge in [0.2, 0.25) is 0 Å². The zero-order valence-corrected chi connectivity index (χ0v) is 13.3. The second kappa shape index (κ2) is 7.13. The number of carbonyl (C=O) groups is 2. The van der Waals surface area contributed by atoms with E-state index in [9.17, 15) is 14.0 Å². The smallest absolute Gasteiger partial charge is 0.337 e. The van der Waals surface area contributed by atoms with Gasteiger partial charge in [0.05, 0.1) is 30.5 Å². The molecule has 7 heteroatoms. The van der Waals surface area contributed by atoms with Crippen molar-refractivity contribution >= 4 is 17.7 Å². The van der Waals surface area contributed by atoms with Crippen LogP contribution in [-0.4, -0.2) is 31.2 Å². The number of ether oxygens (including phenoxy) is 1. The second-order valence-corrected chi connectivity index (χ2v) is 5.25. The molecular weight excluding hydrogens is 301 g/mol. The van der Waals surface area contributed by atoms with Gasteiger partial charge in [0.15, 0.2) is 0 Å². The molecule has 1 atom stereocenters. The van der Waals surface area contributed by atoms with Gasteiger partial charge in [0, 0.05) is 5.69 Å². The van der Waals surface area contributed by atoms with Gasteiger partial charge in [-0.15, -0.1) is 0 Å². The summed E-state index contributed by atoms with van der Waals surface area (Å²) in [5.74, 6) is -0.847. The van der Waals surface area contributed by atoms with Crippen LogP contribution in [-0.2, 0) is 9.53 Å². The van der Waals surface area contributed by atoms with Gasteiger partial charge in [-0.05, 0) is 38.5 Å². The number of urea groups is 1. The van der Waals surface area contributed by atoms with Gasteiger partial charge in [-0.3, -0.25) is 0 Å². The number of carbonyl (C=O) groups excluding carboxylic acids is 2. The molecule has 0 bridgehead atoms. The van der Waals surface area contributed by atoms with Crippen molar-refractivity contribution in [2.75, 3.05) is 18.5 Å². The number of benzene rings is 1. The zero-order chi connectivity index (χ0) is 17.0. The van der Waals surface area contributed by atoms with Crippen molar-refractivity contribution in [3.05, 3.63) is 40.8 Å². The molecule has 23 heavy (non-hydrogen) atoms. The number of anilines is 1. The van der Waals surface area contributed by atoms with Gasteiger partial charge < -0.3 is 20.7 Å². The minimum atomic E-state index is -0.486. The largest absolute Gasteiger partial charge is 0.463 e. The Kier molecular flexibility index (Phi) is 5.20. The number of amides is 2. The highest BCUT2D eigenvalue weighted by molar-refractivity contribution is 5.94. The summed E-state index contributed by atoms with van der Waals surface area (Å²) in [5.41, 5.74) is 2.23. The van der Waals surface area contributed by atoms with E-state index in [1.807, 2.05) is 6.92 Å². The quantitative estimate of drug-likeness (QED) is 0.725. The van der Waals surface area contributed by atoms with E-state index in [1.54, 1.807) is 19.9 Å². The van der Waals surface area contributed by atoms with Crippen LogP contribution in [0.25, 0.3) is 0 Å². The standard InChI is InChI=1S/C16H20FN3O3/c1-4-23-15(21)14-10(3)19-16(22)20-13(14)8-18-12-7-11(17)6-5-9(12)2/h5-7,10,18H,4,8H2,1-3H3,(H2,19,20,22). The van der Waals surface area contributed by atoms with Crippen LogP contribution < -0.4 is 16.0 Å². The molecule has 0 saturated carbocycles. The second-order valence-electron chi connectivity index (χ2n) is 5.25. The van der Waals surface area contributed by atoms with Crippen molar-refractivity contribution in [3.8, 4) is 0 Å². The van der Waals surface area contributed by atoms with Crippen molar-refractivity contribution in [1.82, 2.24) is 10.6 Å². The number of hydrogen-bond acceptors (Lipinski definition) is 4. The Morgan fingerprint density at radius 3 is 2.87 bits per heavy atom. The molecule has 0 fully saturated rings. The molecule has 1 unspecified atom stereocenters. The fraction of sp³-hybridized carbons (Fsp3) is 0.375. The van der Waals surface area contributed by atoms with Crippen molar-refractivity contribution in [2.45, 2.75) is 26.8 Å². The molecule has 1 aromatic carbocycles. The minimum Gasteiger partial charge on any atom is -0.463 e. The summed E-state index contributed by atoms with van der Waals surface area (Å²) in [6, 6.07) is 3.54. The fourth-order valence-corrected chi connectivity index (χ4v) is 2.39. The van der Waals surface area contributed by atoms with E-state index in [0.29, 0.717) is 17.0 Å². The van der Waals surface area contributed by atoms with E-state index < -0.39 is 18.0 Å². The van der Waals surface area contributed by atoms with Crippen LogP contribution in [0.5, 0.6) is 0 Å². The number of rotatable bonds is 5. The van der Waals surface area contributed by atoms with Crippen molar-refractivity contribution in [3.63, 3.8) is 0 Å². The van der Waals surface area contributed by atoms with Crippen LogP contribution in [0.2, 0.25) is 0 Å². The fourth-order valence-electron chi connectivity index (χ4n) is 2.39. The molecule has 1 aliphatic heterocycles. The molecular formula is C16H20FN3O3. The molecule has 0 aromatic heterocycles. The molecule has 3 N–H and O–H groups in total. The topological polar surface area (TPSA) is 79.5 Å². The van der Waals surface area contributed by atoms with Crippen molar-refractivity contribution in [1.29, 1.82) is 0 Å². The van der Waals surface area contributed by atoms with Crippen LogP contribution in [0.3, 0.4) is 0 Å². The van der Waals surface area contributed by atoms with Crippen LogP contribution in [0, 0.1) is 12.7 Å². The third-order valence-corrected chi connectivity index (χ3v) is 3.52. The summed E-state index contributed by atoms with van der Waals surface area (Å²) in [5, 5.41) is 8.28. The third kappa shape index (κ3) is 4.00. The molecule has 1 heterocycles. The van der Waals surface area contributed by atoms with Gasteiger partial charge >= 0.3 is 12.0 Å². The number of nitrogens with one attached hydrogen (secondary N) is 3.